The number of nitrogen functional groups attached to an aromatic ring is 1. The standard InChI is InChI=1S/C12H11Cl2FN4O/c1-2-20-12-10(16)11(17-5-18-12)19-6-3-7(13)9(15)8(14)4-6/h3-5H,2,16H2,1H3,(H,17,18,19). The highest BCUT2D eigenvalue weighted by Crippen LogP contribution is 2.31. The zero-order valence-electron chi connectivity index (χ0n) is 10.5. The van der Waals surface area contributed by atoms with Gasteiger partial charge >= 0.3 is 0 Å². The van der Waals surface area contributed by atoms with Gasteiger partial charge in [-0.05, 0) is 19.1 Å². The van der Waals surface area contributed by atoms with Crippen molar-refractivity contribution in [1.82, 2.24) is 9.97 Å². The Morgan fingerprint density at radius 3 is 2.55 bits per heavy atom. The van der Waals surface area contributed by atoms with Gasteiger partial charge in [-0.15, -0.1) is 0 Å². The first-order valence-electron chi connectivity index (χ1n) is 5.67. The highest BCUT2D eigenvalue weighted by molar-refractivity contribution is 6.35. The number of aromatic nitrogens is 2. The molecule has 0 radical (unpaired) electrons. The molecule has 0 saturated carbocycles. The van der Waals surface area contributed by atoms with E-state index in [9.17, 15) is 4.39 Å². The average molecular weight is 317 g/mol. The summed E-state index contributed by atoms with van der Waals surface area (Å²) in [6, 6.07) is 2.76. The van der Waals surface area contributed by atoms with Gasteiger partial charge in [-0.2, -0.15) is 4.98 Å². The van der Waals surface area contributed by atoms with Gasteiger partial charge in [0.1, 0.15) is 12.0 Å². The van der Waals surface area contributed by atoms with Crippen LogP contribution in [0.2, 0.25) is 10.0 Å². The zero-order chi connectivity index (χ0) is 14.7. The monoisotopic (exact) mass is 316 g/mol. The minimum Gasteiger partial charge on any atom is -0.476 e. The Labute approximate surface area is 124 Å². The summed E-state index contributed by atoms with van der Waals surface area (Å²) in [6.45, 7) is 2.24. The Balaban J connectivity index is 2.33. The Hall–Kier alpha value is -1.79. The topological polar surface area (TPSA) is 73.1 Å². The summed E-state index contributed by atoms with van der Waals surface area (Å²) in [5.74, 6) is -0.0870. The lowest BCUT2D eigenvalue weighted by Gasteiger charge is -2.11. The second kappa shape index (κ2) is 6.11. The number of nitrogens with zero attached hydrogens (tertiary/aromatic N) is 2. The van der Waals surface area contributed by atoms with Gasteiger partial charge in [-0.25, -0.2) is 9.37 Å². The van der Waals surface area contributed by atoms with Crippen LogP contribution >= 0.6 is 23.2 Å². The molecule has 0 fully saturated rings. The number of nitrogens with one attached hydrogen (secondary N) is 1. The maximum absolute atomic E-state index is 13.3. The number of anilines is 3. The third kappa shape index (κ3) is 3.02. The number of ether oxygens (including phenoxy) is 1. The number of hydrogen-bond acceptors (Lipinski definition) is 5. The Morgan fingerprint density at radius 2 is 1.95 bits per heavy atom. The number of halogens is 3. The molecule has 0 saturated heterocycles. The van der Waals surface area contributed by atoms with Crippen molar-refractivity contribution >= 4 is 40.4 Å². The molecule has 0 amide bonds. The molecule has 0 spiro atoms. The molecule has 0 aliphatic heterocycles. The third-order valence-electron chi connectivity index (χ3n) is 2.37. The summed E-state index contributed by atoms with van der Waals surface area (Å²) < 4.78 is 18.6. The van der Waals surface area contributed by atoms with Gasteiger partial charge in [-0.1, -0.05) is 23.2 Å². The van der Waals surface area contributed by atoms with Crippen LogP contribution in [0.5, 0.6) is 5.88 Å². The quantitative estimate of drug-likeness (QED) is 0.842. The fourth-order valence-electron chi connectivity index (χ4n) is 1.50. The third-order valence-corrected chi connectivity index (χ3v) is 2.93. The molecule has 8 heteroatoms. The molecular weight excluding hydrogens is 306 g/mol. The van der Waals surface area contributed by atoms with E-state index in [1.54, 1.807) is 0 Å². The van der Waals surface area contributed by atoms with Gasteiger partial charge in [0.2, 0.25) is 5.88 Å². The van der Waals surface area contributed by atoms with Gasteiger partial charge in [0.05, 0.1) is 16.7 Å². The first-order chi connectivity index (χ1) is 9.52. The van der Waals surface area contributed by atoms with Crippen LogP contribution in [-0.4, -0.2) is 16.6 Å². The van der Waals surface area contributed by atoms with Gasteiger partial charge in [0, 0.05) is 5.69 Å². The van der Waals surface area contributed by atoms with Gasteiger partial charge in [0.25, 0.3) is 0 Å². The SMILES string of the molecule is CCOc1ncnc(Nc2cc(Cl)c(F)c(Cl)c2)c1N. The summed E-state index contributed by atoms with van der Waals surface area (Å²) in [5, 5.41) is 2.69. The van der Waals surface area contributed by atoms with E-state index in [1.165, 1.54) is 18.5 Å². The predicted octanol–water partition coefficient (Wildman–Crippen LogP) is 3.65. The lowest BCUT2D eigenvalue weighted by atomic mass is 10.3. The van der Waals surface area contributed by atoms with E-state index in [1.807, 2.05) is 6.92 Å². The number of rotatable bonds is 4. The first kappa shape index (κ1) is 14.6. The fourth-order valence-corrected chi connectivity index (χ4v) is 1.98. The average Bonchev–Trinajstić information content (AvgIpc) is 2.41. The molecule has 106 valence electrons. The van der Waals surface area contributed by atoms with Crippen LogP contribution < -0.4 is 15.8 Å². The number of benzene rings is 1. The molecular formula is C12H11Cl2FN4O. The molecule has 0 unspecified atom stereocenters. The van der Waals surface area contributed by atoms with Gasteiger partial charge in [0.15, 0.2) is 11.6 Å². The van der Waals surface area contributed by atoms with Crippen molar-refractivity contribution in [3.05, 3.63) is 34.3 Å². The number of nitrogens with two attached hydrogens (primary N) is 1. The molecule has 1 heterocycles. The van der Waals surface area contributed by atoms with E-state index in [-0.39, 0.29) is 21.6 Å². The molecule has 0 bridgehead atoms. The molecule has 2 aromatic rings. The molecule has 0 atom stereocenters. The van der Waals surface area contributed by atoms with Crippen molar-refractivity contribution in [2.24, 2.45) is 0 Å². The molecule has 0 aliphatic carbocycles. The van der Waals surface area contributed by atoms with Crippen molar-refractivity contribution < 1.29 is 9.13 Å². The maximum Gasteiger partial charge on any atom is 0.242 e. The van der Waals surface area contributed by atoms with Gasteiger partial charge in [-0.3, -0.25) is 0 Å². The highest BCUT2D eigenvalue weighted by Gasteiger charge is 2.12. The second-order valence-corrected chi connectivity index (χ2v) is 4.57. The minimum atomic E-state index is -0.676. The van der Waals surface area contributed by atoms with Crippen molar-refractivity contribution in [2.45, 2.75) is 6.92 Å². The van der Waals surface area contributed by atoms with Gasteiger partial charge < -0.3 is 15.8 Å². The smallest absolute Gasteiger partial charge is 0.242 e. The molecule has 3 N–H and O–H groups in total. The fraction of sp³-hybridized carbons (Fsp3) is 0.167. The Kier molecular flexibility index (Phi) is 4.46. The van der Waals surface area contributed by atoms with E-state index in [2.05, 4.69) is 15.3 Å². The predicted molar refractivity (Wildman–Crippen MR) is 77.3 cm³/mol. The van der Waals surface area contributed by atoms with E-state index in [0.29, 0.717) is 18.1 Å². The summed E-state index contributed by atoms with van der Waals surface area (Å²) in [5.41, 5.74) is 6.57. The molecule has 20 heavy (non-hydrogen) atoms. The highest BCUT2D eigenvalue weighted by atomic mass is 35.5. The first-order valence-corrected chi connectivity index (χ1v) is 6.43. The lowest BCUT2D eigenvalue weighted by molar-refractivity contribution is 0.328. The van der Waals surface area contributed by atoms with Crippen LogP contribution in [0.25, 0.3) is 0 Å². The van der Waals surface area contributed by atoms with Crippen LogP contribution in [0.15, 0.2) is 18.5 Å². The Morgan fingerprint density at radius 1 is 1.30 bits per heavy atom. The number of hydrogen-bond donors (Lipinski definition) is 2. The van der Waals surface area contributed by atoms with Crippen LogP contribution in [0.1, 0.15) is 6.92 Å². The summed E-state index contributed by atoms with van der Waals surface area (Å²) in [6.07, 6.45) is 1.30. The van der Waals surface area contributed by atoms with E-state index in [4.69, 9.17) is 33.7 Å². The second-order valence-electron chi connectivity index (χ2n) is 3.75. The van der Waals surface area contributed by atoms with E-state index in [0.717, 1.165) is 0 Å². The van der Waals surface area contributed by atoms with Crippen molar-refractivity contribution in [3.8, 4) is 5.88 Å². The minimum absolute atomic E-state index is 0.0994. The summed E-state index contributed by atoms with van der Waals surface area (Å²) in [7, 11) is 0. The molecule has 1 aromatic carbocycles. The maximum atomic E-state index is 13.3. The lowest BCUT2D eigenvalue weighted by Crippen LogP contribution is -2.05. The molecule has 5 nitrogen and oxygen atoms in total. The molecule has 1 aromatic heterocycles. The van der Waals surface area contributed by atoms with E-state index >= 15 is 0 Å². The van der Waals surface area contributed by atoms with Crippen LogP contribution in [0, 0.1) is 5.82 Å². The molecule has 0 aliphatic rings. The van der Waals surface area contributed by atoms with Crippen molar-refractivity contribution in [2.75, 3.05) is 17.7 Å². The van der Waals surface area contributed by atoms with Crippen molar-refractivity contribution in [1.29, 1.82) is 0 Å². The molecule has 2 rings (SSSR count). The summed E-state index contributed by atoms with van der Waals surface area (Å²) in [4.78, 5) is 7.90. The van der Waals surface area contributed by atoms with Crippen LogP contribution in [-0.2, 0) is 0 Å². The van der Waals surface area contributed by atoms with E-state index < -0.39 is 5.82 Å². The normalized spacial score (nSPS) is 10.4. The Bertz CT molecular complexity index is 616. The zero-order valence-corrected chi connectivity index (χ0v) is 12.0. The largest absolute Gasteiger partial charge is 0.476 e. The summed E-state index contributed by atoms with van der Waals surface area (Å²) >= 11 is 11.4. The van der Waals surface area contributed by atoms with Crippen molar-refractivity contribution in [3.63, 3.8) is 0 Å². The van der Waals surface area contributed by atoms with Crippen LogP contribution in [0.4, 0.5) is 21.6 Å². The van der Waals surface area contributed by atoms with Crippen LogP contribution in [0.3, 0.4) is 0 Å².